The number of hydrogen-bond donors (Lipinski definition) is 3. The maximum Gasteiger partial charge on any atom is 0.236 e. The van der Waals surface area contributed by atoms with Gasteiger partial charge in [-0.25, -0.2) is 0 Å². The maximum absolute atomic E-state index is 11.5. The van der Waals surface area contributed by atoms with Crippen LogP contribution in [0.1, 0.15) is 19.3 Å². The minimum atomic E-state index is -0.486. The van der Waals surface area contributed by atoms with Crippen molar-refractivity contribution in [3.63, 3.8) is 0 Å². The number of amides is 1. The van der Waals surface area contributed by atoms with E-state index in [1.807, 2.05) is 0 Å². The monoisotopic (exact) mass is 258 g/mol. The van der Waals surface area contributed by atoms with Gasteiger partial charge >= 0.3 is 0 Å². The van der Waals surface area contributed by atoms with E-state index in [-0.39, 0.29) is 5.91 Å². The smallest absolute Gasteiger partial charge is 0.236 e. The van der Waals surface area contributed by atoms with Gasteiger partial charge in [-0.3, -0.25) is 4.79 Å². The van der Waals surface area contributed by atoms with E-state index in [0.717, 1.165) is 12.8 Å². The summed E-state index contributed by atoms with van der Waals surface area (Å²) in [7, 11) is 0. The molecule has 1 amide bonds. The minimum Gasteiger partial charge on any atom is -0.379 e. The second kappa shape index (κ2) is 12.1. The number of azide groups is 1. The zero-order valence-corrected chi connectivity index (χ0v) is 10.5. The summed E-state index contributed by atoms with van der Waals surface area (Å²) in [6.07, 6.45) is 2.37. The SMILES string of the molecule is [N-]=[N+]=NCCOCCNC(=O)C(N)CCCCN. The predicted molar refractivity (Wildman–Crippen MR) is 68.7 cm³/mol. The Labute approximate surface area is 107 Å². The molecule has 1 atom stereocenters. The highest BCUT2D eigenvalue weighted by atomic mass is 16.5. The lowest BCUT2D eigenvalue weighted by molar-refractivity contribution is -0.122. The summed E-state index contributed by atoms with van der Waals surface area (Å²) >= 11 is 0. The zero-order valence-electron chi connectivity index (χ0n) is 10.5. The number of carbonyl (C=O) groups excluding carboxylic acids is 1. The Morgan fingerprint density at radius 3 is 2.89 bits per heavy atom. The molecule has 0 saturated carbocycles. The second-order valence-electron chi connectivity index (χ2n) is 3.75. The standard InChI is InChI=1S/C10H22N6O2/c11-4-2-1-3-9(12)10(17)14-5-7-18-8-6-15-16-13/h9H,1-8,11-12H2,(H,14,17). The van der Waals surface area contributed by atoms with Crippen molar-refractivity contribution >= 4 is 5.91 Å². The molecule has 5 N–H and O–H groups in total. The number of unbranched alkanes of at least 4 members (excludes halogenated alkanes) is 1. The molecule has 0 aliphatic heterocycles. The molecular weight excluding hydrogens is 236 g/mol. The first-order valence-electron chi connectivity index (χ1n) is 6.04. The topological polar surface area (TPSA) is 139 Å². The predicted octanol–water partition coefficient (Wildman–Crippen LogP) is -0.114. The van der Waals surface area contributed by atoms with Gasteiger partial charge in [0.1, 0.15) is 0 Å². The summed E-state index contributed by atoms with van der Waals surface area (Å²) in [6, 6.07) is -0.486. The molecule has 0 heterocycles. The summed E-state index contributed by atoms with van der Waals surface area (Å²) in [5.41, 5.74) is 19.1. The van der Waals surface area contributed by atoms with E-state index in [0.29, 0.717) is 39.3 Å². The van der Waals surface area contributed by atoms with Gasteiger partial charge in [-0.15, -0.1) is 0 Å². The number of nitrogens with zero attached hydrogens (tertiary/aromatic N) is 3. The third-order valence-electron chi connectivity index (χ3n) is 2.25. The molecule has 8 nitrogen and oxygen atoms in total. The molecule has 0 fully saturated rings. The first-order valence-corrected chi connectivity index (χ1v) is 6.04. The summed E-state index contributed by atoms with van der Waals surface area (Å²) in [5, 5.41) is 5.99. The lowest BCUT2D eigenvalue weighted by Crippen LogP contribution is -2.41. The number of hydrogen-bond acceptors (Lipinski definition) is 5. The van der Waals surface area contributed by atoms with Gasteiger partial charge in [0.15, 0.2) is 0 Å². The molecule has 18 heavy (non-hydrogen) atoms. The molecule has 0 spiro atoms. The van der Waals surface area contributed by atoms with Gasteiger partial charge in [-0.2, -0.15) is 0 Å². The van der Waals surface area contributed by atoms with Crippen LogP contribution in [0.5, 0.6) is 0 Å². The molecule has 0 bridgehead atoms. The summed E-state index contributed by atoms with van der Waals surface area (Å²) in [6.45, 7) is 2.04. The minimum absolute atomic E-state index is 0.175. The lowest BCUT2D eigenvalue weighted by Gasteiger charge is -2.11. The van der Waals surface area contributed by atoms with Crippen molar-refractivity contribution in [2.75, 3.05) is 32.8 Å². The van der Waals surface area contributed by atoms with Crippen LogP contribution in [0.3, 0.4) is 0 Å². The lowest BCUT2D eigenvalue weighted by atomic mass is 10.1. The third-order valence-corrected chi connectivity index (χ3v) is 2.25. The van der Waals surface area contributed by atoms with E-state index in [9.17, 15) is 4.79 Å². The summed E-state index contributed by atoms with van der Waals surface area (Å²) in [5.74, 6) is -0.175. The largest absolute Gasteiger partial charge is 0.379 e. The number of nitrogens with two attached hydrogens (primary N) is 2. The van der Waals surface area contributed by atoms with Gasteiger partial charge < -0.3 is 21.5 Å². The molecule has 0 aliphatic carbocycles. The van der Waals surface area contributed by atoms with E-state index >= 15 is 0 Å². The first-order chi connectivity index (χ1) is 8.72. The fourth-order valence-electron chi connectivity index (χ4n) is 1.27. The fourth-order valence-corrected chi connectivity index (χ4v) is 1.27. The molecule has 0 aromatic carbocycles. The highest BCUT2D eigenvalue weighted by molar-refractivity contribution is 5.81. The number of nitrogens with one attached hydrogen (secondary N) is 1. The van der Waals surface area contributed by atoms with Crippen LogP contribution < -0.4 is 16.8 Å². The summed E-state index contributed by atoms with van der Waals surface area (Å²) < 4.78 is 5.13. The Kier molecular flexibility index (Phi) is 11.2. The van der Waals surface area contributed by atoms with Crippen molar-refractivity contribution in [3.8, 4) is 0 Å². The van der Waals surface area contributed by atoms with Crippen LogP contribution in [-0.2, 0) is 9.53 Å². The van der Waals surface area contributed by atoms with Crippen LogP contribution in [0.2, 0.25) is 0 Å². The Hall–Kier alpha value is -1.34. The van der Waals surface area contributed by atoms with Crippen LogP contribution in [0.15, 0.2) is 5.11 Å². The van der Waals surface area contributed by atoms with E-state index in [2.05, 4.69) is 15.3 Å². The molecular formula is C10H22N6O2. The number of rotatable bonds is 11. The molecule has 104 valence electrons. The Morgan fingerprint density at radius 1 is 1.44 bits per heavy atom. The van der Waals surface area contributed by atoms with Crippen molar-refractivity contribution in [1.29, 1.82) is 0 Å². The van der Waals surface area contributed by atoms with Crippen LogP contribution >= 0.6 is 0 Å². The van der Waals surface area contributed by atoms with Gasteiger partial charge in [0.25, 0.3) is 0 Å². The Morgan fingerprint density at radius 2 is 2.22 bits per heavy atom. The third kappa shape index (κ3) is 9.86. The maximum atomic E-state index is 11.5. The molecule has 1 unspecified atom stereocenters. The van der Waals surface area contributed by atoms with Crippen LogP contribution in [0, 0.1) is 0 Å². The van der Waals surface area contributed by atoms with Gasteiger partial charge in [0, 0.05) is 18.0 Å². The molecule has 0 aromatic heterocycles. The van der Waals surface area contributed by atoms with Gasteiger partial charge in [0.05, 0.1) is 19.3 Å². The van der Waals surface area contributed by atoms with E-state index in [4.69, 9.17) is 21.7 Å². The highest BCUT2D eigenvalue weighted by Gasteiger charge is 2.11. The highest BCUT2D eigenvalue weighted by Crippen LogP contribution is 1.97. The van der Waals surface area contributed by atoms with Crippen LogP contribution in [0.4, 0.5) is 0 Å². The van der Waals surface area contributed by atoms with E-state index in [1.54, 1.807) is 0 Å². The Bertz CT molecular complexity index is 267. The van der Waals surface area contributed by atoms with Crippen molar-refractivity contribution < 1.29 is 9.53 Å². The number of carbonyl (C=O) groups is 1. The van der Waals surface area contributed by atoms with Crippen LogP contribution in [0.25, 0.3) is 10.4 Å². The normalized spacial score (nSPS) is 11.7. The second-order valence-corrected chi connectivity index (χ2v) is 3.75. The van der Waals surface area contributed by atoms with Gasteiger partial charge in [-0.1, -0.05) is 11.5 Å². The van der Waals surface area contributed by atoms with Gasteiger partial charge in [0.2, 0.25) is 5.91 Å². The van der Waals surface area contributed by atoms with Crippen molar-refractivity contribution in [3.05, 3.63) is 10.4 Å². The average molecular weight is 258 g/mol. The van der Waals surface area contributed by atoms with Crippen molar-refractivity contribution in [2.24, 2.45) is 16.6 Å². The van der Waals surface area contributed by atoms with Crippen molar-refractivity contribution in [2.45, 2.75) is 25.3 Å². The quantitative estimate of drug-likeness (QED) is 0.206. The summed E-state index contributed by atoms with van der Waals surface area (Å²) in [4.78, 5) is 14.1. The molecule has 0 radical (unpaired) electrons. The number of ether oxygens (including phenoxy) is 1. The molecule has 0 rings (SSSR count). The molecule has 8 heteroatoms. The Balaban J connectivity index is 3.42. The first kappa shape index (κ1) is 16.7. The average Bonchev–Trinajstić information content (AvgIpc) is 2.37. The van der Waals surface area contributed by atoms with Crippen LogP contribution in [-0.4, -0.2) is 44.8 Å². The molecule has 0 aromatic rings. The fraction of sp³-hybridized carbons (Fsp3) is 0.900. The van der Waals surface area contributed by atoms with E-state index in [1.165, 1.54) is 0 Å². The van der Waals surface area contributed by atoms with Crippen molar-refractivity contribution in [1.82, 2.24) is 5.32 Å². The zero-order chi connectivity index (χ0) is 13.6. The van der Waals surface area contributed by atoms with Gasteiger partial charge in [-0.05, 0) is 24.9 Å². The molecule has 0 aliphatic rings. The van der Waals surface area contributed by atoms with E-state index < -0.39 is 6.04 Å². The molecule has 0 saturated heterocycles.